The van der Waals surface area contributed by atoms with Gasteiger partial charge in [-0.3, -0.25) is 9.69 Å². The molecule has 1 heterocycles. The van der Waals surface area contributed by atoms with E-state index in [1.165, 1.54) is 13.2 Å². The van der Waals surface area contributed by atoms with Gasteiger partial charge in [-0.1, -0.05) is 28.4 Å². The summed E-state index contributed by atoms with van der Waals surface area (Å²) in [6.45, 7) is 1.24. The number of halogens is 2. The van der Waals surface area contributed by atoms with Crippen molar-refractivity contribution in [1.29, 1.82) is 0 Å². The van der Waals surface area contributed by atoms with Crippen molar-refractivity contribution in [3.05, 3.63) is 34.1 Å². The van der Waals surface area contributed by atoms with Crippen LogP contribution >= 0.6 is 15.9 Å². The highest BCUT2D eigenvalue weighted by Gasteiger charge is 2.29. The maximum absolute atomic E-state index is 13.8. The van der Waals surface area contributed by atoms with E-state index in [0.29, 0.717) is 12.1 Å². The Hall–Kier alpha value is -0.940. The Morgan fingerprint density at radius 3 is 3.00 bits per heavy atom. The molecule has 1 aromatic carbocycles. The molecule has 1 aliphatic heterocycles. The maximum Gasteiger partial charge on any atom is 0.323 e. The van der Waals surface area contributed by atoms with Crippen molar-refractivity contribution >= 4 is 21.9 Å². The third-order valence-corrected chi connectivity index (χ3v) is 3.97. The maximum atomic E-state index is 13.8. The Balaban J connectivity index is 2.13. The minimum Gasteiger partial charge on any atom is -0.468 e. The summed E-state index contributed by atoms with van der Waals surface area (Å²) in [6.07, 6.45) is 2.83. The van der Waals surface area contributed by atoms with Gasteiger partial charge in [0, 0.05) is 16.6 Å². The molecule has 104 valence electrons. The molecule has 0 spiro atoms. The van der Waals surface area contributed by atoms with E-state index in [0.717, 1.165) is 30.3 Å². The van der Waals surface area contributed by atoms with Gasteiger partial charge in [0.1, 0.15) is 11.9 Å². The molecule has 0 saturated carbocycles. The average Bonchev–Trinajstić information content (AvgIpc) is 2.41. The fourth-order valence-electron chi connectivity index (χ4n) is 2.45. The zero-order chi connectivity index (χ0) is 13.8. The van der Waals surface area contributed by atoms with E-state index in [2.05, 4.69) is 15.9 Å². The highest BCUT2D eigenvalue weighted by Crippen LogP contribution is 2.23. The van der Waals surface area contributed by atoms with E-state index in [1.54, 1.807) is 6.07 Å². The van der Waals surface area contributed by atoms with Crippen LogP contribution < -0.4 is 0 Å². The van der Waals surface area contributed by atoms with Gasteiger partial charge in [0.15, 0.2) is 0 Å². The number of hydrogen-bond donors (Lipinski definition) is 0. The summed E-state index contributed by atoms with van der Waals surface area (Å²) < 4.78 is 19.4. The lowest BCUT2D eigenvalue weighted by Gasteiger charge is -2.33. The molecule has 0 amide bonds. The lowest BCUT2D eigenvalue weighted by molar-refractivity contribution is -0.148. The van der Waals surface area contributed by atoms with E-state index in [-0.39, 0.29) is 17.8 Å². The topological polar surface area (TPSA) is 29.5 Å². The Bertz CT molecular complexity index is 467. The zero-order valence-electron chi connectivity index (χ0n) is 10.9. The Labute approximate surface area is 120 Å². The molecule has 3 nitrogen and oxygen atoms in total. The van der Waals surface area contributed by atoms with E-state index in [4.69, 9.17) is 4.74 Å². The van der Waals surface area contributed by atoms with Crippen LogP contribution in [-0.4, -0.2) is 30.6 Å². The smallest absolute Gasteiger partial charge is 0.323 e. The van der Waals surface area contributed by atoms with Crippen molar-refractivity contribution in [3.63, 3.8) is 0 Å². The number of piperidine rings is 1. The molecule has 2 rings (SSSR count). The molecule has 1 unspecified atom stereocenters. The summed E-state index contributed by atoms with van der Waals surface area (Å²) in [4.78, 5) is 13.7. The number of hydrogen-bond acceptors (Lipinski definition) is 3. The molecule has 0 radical (unpaired) electrons. The Morgan fingerprint density at radius 1 is 1.53 bits per heavy atom. The van der Waals surface area contributed by atoms with Crippen LogP contribution in [0.25, 0.3) is 0 Å². The first-order chi connectivity index (χ1) is 9.11. The van der Waals surface area contributed by atoms with E-state index >= 15 is 0 Å². The van der Waals surface area contributed by atoms with Crippen molar-refractivity contribution in [3.8, 4) is 0 Å². The fourth-order valence-corrected chi connectivity index (χ4v) is 2.79. The van der Waals surface area contributed by atoms with Gasteiger partial charge in [0.05, 0.1) is 7.11 Å². The number of likely N-dealkylation sites (tertiary alicyclic amines) is 1. The second-order valence-corrected chi connectivity index (χ2v) is 5.66. The summed E-state index contributed by atoms with van der Waals surface area (Å²) in [5.41, 5.74) is 0.610. The van der Waals surface area contributed by atoms with Gasteiger partial charge in [-0.2, -0.15) is 0 Å². The lowest BCUT2D eigenvalue weighted by Crippen LogP contribution is -2.44. The van der Waals surface area contributed by atoms with Gasteiger partial charge in [0.25, 0.3) is 0 Å². The number of ether oxygens (including phenoxy) is 1. The number of nitrogens with zero attached hydrogens (tertiary/aromatic N) is 1. The van der Waals surface area contributed by atoms with Crippen molar-refractivity contribution in [2.45, 2.75) is 31.8 Å². The predicted molar refractivity (Wildman–Crippen MR) is 74.2 cm³/mol. The Morgan fingerprint density at radius 2 is 2.32 bits per heavy atom. The van der Waals surface area contributed by atoms with Gasteiger partial charge >= 0.3 is 5.97 Å². The van der Waals surface area contributed by atoms with Crippen molar-refractivity contribution in [1.82, 2.24) is 4.90 Å². The largest absolute Gasteiger partial charge is 0.468 e. The SMILES string of the molecule is COC(=O)C1CCCCN1Cc1ccc(Br)cc1F. The molecule has 1 aromatic rings. The van der Waals surface area contributed by atoms with Gasteiger partial charge in [-0.15, -0.1) is 0 Å². The van der Waals surface area contributed by atoms with Crippen LogP contribution in [0.1, 0.15) is 24.8 Å². The van der Waals surface area contributed by atoms with Gasteiger partial charge in [-0.25, -0.2) is 4.39 Å². The molecular weight excluding hydrogens is 313 g/mol. The number of rotatable bonds is 3. The van der Waals surface area contributed by atoms with Crippen molar-refractivity contribution in [2.75, 3.05) is 13.7 Å². The van der Waals surface area contributed by atoms with Crippen LogP contribution in [0.3, 0.4) is 0 Å². The molecule has 5 heteroatoms. The fraction of sp³-hybridized carbons (Fsp3) is 0.500. The van der Waals surface area contributed by atoms with Gasteiger partial charge < -0.3 is 4.74 Å². The highest BCUT2D eigenvalue weighted by atomic mass is 79.9. The number of methoxy groups -OCH3 is 1. The number of benzene rings is 1. The summed E-state index contributed by atoms with van der Waals surface area (Å²) in [5.74, 6) is -0.471. The van der Waals surface area contributed by atoms with E-state index < -0.39 is 0 Å². The summed E-state index contributed by atoms with van der Waals surface area (Å²) in [6, 6.07) is 4.77. The molecule has 1 atom stereocenters. The van der Waals surface area contributed by atoms with Crippen LogP contribution in [0, 0.1) is 5.82 Å². The van der Waals surface area contributed by atoms with E-state index in [9.17, 15) is 9.18 Å². The third-order valence-electron chi connectivity index (χ3n) is 3.48. The standard InChI is InChI=1S/C14H17BrFNO2/c1-19-14(18)13-4-2-3-7-17(13)9-10-5-6-11(15)8-12(10)16/h5-6,8,13H,2-4,7,9H2,1H3. The second kappa shape index (κ2) is 6.48. The molecule has 0 N–H and O–H groups in total. The summed E-state index contributed by atoms with van der Waals surface area (Å²) >= 11 is 3.24. The first-order valence-electron chi connectivity index (χ1n) is 6.37. The van der Waals surface area contributed by atoms with Crippen LogP contribution in [0.15, 0.2) is 22.7 Å². The van der Waals surface area contributed by atoms with Crippen LogP contribution in [0.2, 0.25) is 0 Å². The average molecular weight is 330 g/mol. The number of carbonyl (C=O) groups excluding carboxylic acids is 1. The second-order valence-electron chi connectivity index (χ2n) is 4.74. The highest BCUT2D eigenvalue weighted by molar-refractivity contribution is 9.10. The molecule has 1 saturated heterocycles. The normalized spacial score (nSPS) is 20.3. The first-order valence-corrected chi connectivity index (χ1v) is 7.17. The van der Waals surface area contributed by atoms with Crippen molar-refractivity contribution < 1.29 is 13.9 Å². The van der Waals surface area contributed by atoms with Gasteiger partial charge in [0.2, 0.25) is 0 Å². The van der Waals surface area contributed by atoms with Gasteiger partial charge in [-0.05, 0) is 31.5 Å². The molecule has 19 heavy (non-hydrogen) atoms. The lowest BCUT2D eigenvalue weighted by atomic mass is 10.0. The molecule has 0 aromatic heterocycles. The quantitative estimate of drug-likeness (QED) is 0.798. The molecular formula is C14H17BrFNO2. The first kappa shape index (κ1) is 14.5. The third kappa shape index (κ3) is 3.54. The van der Waals surface area contributed by atoms with Crippen LogP contribution in [0.5, 0.6) is 0 Å². The molecule has 1 fully saturated rings. The minimum absolute atomic E-state index is 0.225. The predicted octanol–water partition coefficient (Wildman–Crippen LogP) is 3.12. The summed E-state index contributed by atoms with van der Waals surface area (Å²) in [5, 5.41) is 0. The van der Waals surface area contributed by atoms with Crippen LogP contribution in [-0.2, 0) is 16.1 Å². The van der Waals surface area contributed by atoms with Crippen molar-refractivity contribution in [2.24, 2.45) is 0 Å². The molecule has 1 aliphatic rings. The monoisotopic (exact) mass is 329 g/mol. The van der Waals surface area contributed by atoms with Crippen LogP contribution in [0.4, 0.5) is 4.39 Å². The molecule has 0 aliphatic carbocycles. The molecule has 0 bridgehead atoms. The zero-order valence-corrected chi connectivity index (χ0v) is 12.5. The Kier molecular flexibility index (Phi) is 4.93. The number of esters is 1. The minimum atomic E-state index is -0.248. The number of carbonyl (C=O) groups is 1. The van der Waals surface area contributed by atoms with E-state index in [1.807, 2.05) is 11.0 Å². The summed E-state index contributed by atoms with van der Waals surface area (Å²) in [7, 11) is 1.40.